The van der Waals surface area contributed by atoms with E-state index in [1.54, 1.807) is 12.3 Å². The highest BCUT2D eigenvalue weighted by Gasteiger charge is 2.25. The SMILES string of the molecule is CCCCC[C@@H](O)c1ncc(/C=C/[C@@H](O)C2CCCC(=O)O2)c2ccccc12. The first-order valence-electron chi connectivity index (χ1n) is 10.2. The van der Waals surface area contributed by atoms with Crippen LogP contribution in [0, 0.1) is 0 Å². The predicted molar refractivity (Wildman–Crippen MR) is 110 cm³/mol. The lowest BCUT2D eigenvalue weighted by Crippen LogP contribution is -2.33. The van der Waals surface area contributed by atoms with Crippen LogP contribution in [-0.4, -0.2) is 33.4 Å². The molecule has 3 rings (SSSR count). The third-order valence-electron chi connectivity index (χ3n) is 5.26. The monoisotopic (exact) mass is 383 g/mol. The molecule has 0 saturated carbocycles. The molecule has 1 unspecified atom stereocenters. The van der Waals surface area contributed by atoms with Crippen molar-refractivity contribution in [2.24, 2.45) is 0 Å². The molecule has 5 heteroatoms. The maximum Gasteiger partial charge on any atom is 0.306 e. The first kappa shape index (κ1) is 20.5. The zero-order valence-corrected chi connectivity index (χ0v) is 16.4. The summed E-state index contributed by atoms with van der Waals surface area (Å²) in [6, 6.07) is 7.85. The Hall–Kier alpha value is -2.24. The molecule has 0 bridgehead atoms. The maximum atomic E-state index is 11.4. The summed E-state index contributed by atoms with van der Waals surface area (Å²) in [5, 5.41) is 22.8. The van der Waals surface area contributed by atoms with Crippen LogP contribution in [0.15, 0.2) is 36.5 Å². The number of hydrogen-bond donors (Lipinski definition) is 2. The number of fused-ring (bicyclic) bond motifs is 1. The second kappa shape index (κ2) is 9.80. The van der Waals surface area contributed by atoms with Crippen LogP contribution in [0.25, 0.3) is 16.8 Å². The molecular formula is C23H29NO4. The summed E-state index contributed by atoms with van der Waals surface area (Å²) in [6.07, 6.45) is 9.00. The Morgan fingerprint density at radius 3 is 2.79 bits per heavy atom. The van der Waals surface area contributed by atoms with Gasteiger partial charge in [0, 0.05) is 23.6 Å². The number of benzene rings is 1. The zero-order chi connectivity index (χ0) is 19.9. The van der Waals surface area contributed by atoms with Crippen molar-refractivity contribution in [3.05, 3.63) is 47.8 Å². The number of ether oxygens (including phenoxy) is 1. The van der Waals surface area contributed by atoms with Crippen LogP contribution in [0.5, 0.6) is 0 Å². The van der Waals surface area contributed by atoms with Gasteiger partial charge in [0.1, 0.15) is 12.2 Å². The number of esters is 1. The molecule has 2 N–H and O–H groups in total. The largest absolute Gasteiger partial charge is 0.459 e. The fourth-order valence-electron chi connectivity index (χ4n) is 3.66. The summed E-state index contributed by atoms with van der Waals surface area (Å²) < 4.78 is 5.23. The van der Waals surface area contributed by atoms with Gasteiger partial charge in [-0.1, -0.05) is 62.6 Å². The number of aromatic nitrogens is 1. The molecule has 28 heavy (non-hydrogen) atoms. The van der Waals surface area contributed by atoms with Crippen molar-refractivity contribution in [3.8, 4) is 0 Å². The predicted octanol–water partition coefficient (Wildman–Crippen LogP) is 4.32. The van der Waals surface area contributed by atoms with Crippen LogP contribution in [0.2, 0.25) is 0 Å². The van der Waals surface area contributed by atoms with Crippen molar-refractivity contribution in [3.63, 3.8) is 0 Å². The third-order valence-corrected chi connectivity index (χ3v) is 5.26. The number of carbonyl (C=O) groups is 1. The number of cyclic esters (lactones) is 1. The lowest BCUT2D eigenvalue weighted by atomic mass is 9.98. The normalized spacial score (nSPS) is 19.7. The molecule has 150 valence electrons. The Kier molecular flexibility index (Phi) is 7.18. The molecular weight excluding hydrogens is 354 g/mol. The summed E-state index contributed by atoms with van der Waals surface area (Å²) in [7, 11) is 0. The van der Waals surface area contributed by atoms with Gasteiger partial charge in [-0.05, 0) is 24.6 Å². The number of carbonyl (C=O) groups excluding carboxylic acids is 1. The molecule has 0 spiro atoms. The lowest BCUT2D eigenvalue weighted by Gasteiger charge is -2.24. The molecule has 0 aliphatic carbocycles. The fourth-order valence-corrected chi connectivity index (χ4v) is 3.66. The Labute approximate surface area is 166 Å². The quantitative estimate of drug-likeness (QED) is 0.524. The van der Waals surface area contributed by atoms with E-state index in [1.165, 1.54) is 0 Å². The van der Waals surface area contributed by atoms with E-state index in [-0.39, 0.29) is 5.97 Å². The molecule has 0 amide bonds. The molecule has 1 aromatic heterocycles. The van der Waals surface area contributed by atoms with Crippen molar-refractivity contribution < 1.29 is 19.7 Å². The van der Waals surface area contributed by atoms with Crippen molar-refractivity contribution in [2.45, 2.75) is 70.2 Å². The number of pyridine rings is 1. The standard InChI is InChI=1S/C23H29NO4/c1-2-3-4-10-20(26)23-18-9-6-5-8-17(18)16(15-24-23)13-14-19(25)21-11-7-12-22(27)28-21/h5-6,8-9,13-15,19-21,25-26H,2-4,7,10-12H2,1H3/b14-13+/t19-,20-,21?/m1/s1. The van der Waals surface area contributed by atoms with E-state index in [0.717, 1.165) is 42.0 Å². The van der Waals surface area contributed by atoms with Gasteiger partial charge in [-0.15, -0.1) is 0 Å². The van der Waals surface area contributed by atoms with Crippen molar-refractivity contribution in [1.29, 1.82) is 0 Å². The molecule has 1 fully saturated rings. The molecule has 2 aromatic rings. The molecule has 1 aliphatic heterocycles. The van der Waals surface area contributed by atoms with Crippen molar-refractivity contribution >= 4 is 22.8 Å². The topological polar surface area (TPSA) is 79.7 Å². The number of aliphatic hydroxyl groups is 2. The van der Waals surface area contributed by atoms with E-state index in [4.69, 9.17) is 4.74 Å². The first-order chi connectivity index (χ1) is 13.6. The van der Waals surface area contributed by atoms with Gasteiger partial charge < -0.3 is 14.9 Å². The smallest absolute Gasteiger partial charge is 0.306 e. The summed E-state index contributed by atoms with van der Waals surface area (Å²) in [5.41, 5.74) is 1.56. The van der Waals surface area contributed by atoms with Crippen LogP contribution in [0.1, 0.15) is 69.2 Å². The average Bonchev–Trinajstić information content (AvgIpc) is 2.71. The van der Waals surface area contributed by atoms with Crippen LogP contribution < -0.4 is 0 Å². The van der Waals surface area contributed by atoms with E-state index in [2.05, 4.69) is 11.9 Å². The highest BCUT2D eigenvalue weighted by atomic mass is 16.6. The van der Waals surface area contributed by atoms with Gasteiger partial charge >= 0.3 is 5.97 Å². The minimum Gasteiger partial charge on any atom is -0.459 e. The molecule has 1 saturated heterocycles. The summed E-state index contributed by atoms with van der Waals surface area (Å²) in [4.78, 5) is 16.0. The third kappa shape index (κ3) is 4.97. The van der Waals surface area contributed by atoms with Crippen LogP contribution >= 0.6 is 0 Å². The fraction of sp³-hybridized carbons (Fsp3) is 0.478. The average molecular weight is 383 g/mol. The molecule has 1 aliphatic rings. The molecule has 1 aromatic carbocycles. The number of hydrogen-bond acceptors (Lipinski definition) is 5. The van der Waals surface area contributed by atoms with Gasteiger partial charge in [-0.25, -0.2) is 0 Å². The van der Waals surface area contributed by atoms with Gasteiger partial charge in [0.15, 0.2) is 0 Å². The van der Waals surface area contributed by atoms with Crippen LogP contribution in [0.4, 0.5) is 0 Å². The van der Waals surface area contributed by atoms with E-state index >= 15 is 0 Å². The highest BCUT2D eigenvalue weighted by Crippen LogP contribution is 2.29. The van der Waals surface area contributed by atoms with E-state index in [1.807, 2.05) is 30.3 Å². The Bertz CT molecular complexity index is 832. The van der Waals surface area contributed by atoms with E-state index < -0.39 is 18.3 Å². The summed E-state index contributed by atoms with van der Waals surface area (Å²) in [6.45, 7) is 2.14. The minimum atomic E-state index is -0.845. The van der Waals surface area contributed by atoms with Gasteiger partial charge in [0.25, 0.3) is 0 Å². The highest BCUT2D eigenvalue weighted by molar-refractivity contribution is 5.92. The van der Waals surface area contributed by atoms with E-state index in [9.17, 15) is 15.0 Å². The lowest BCUT2D eigenvalue weighted by molar-refractivity contribution is -0.158. The van der Waals surface area contributed by atoms with Crippen LogP contribution in [-0.2, 0) is 9.53 Å². The van der Waals surface area contributed by atoms with E-state index in [0.29, 0.717) is 25.0 Å². The number of rotatable bonds is 8. The Balaban J connectivity index is 1.80. The molecule has 5 nitrogen and oxygen atoms in total. The first-order valence-corrected chi connectivity index (χ1v) is 10.2. The van der Waals surface area contributed by atoms with Gasteiger partial charge in [0.2, 0.25) is 0 Å². The zero-order valence-electron chi connectivity index (χ0n) is 16.4. The molecule has 0 radical (unpaired) electrons. The number of unbranched alkanes of at least 4 members (excludes halogenated alkanes) is 2. The summed E-state index contributed by atoms with van der Waals surface area (Å²) in [5.74, 6) is -0.253. The Morgan fingerprint density at radius 1 is 1.25 bits per heavy atom. The van der Waals surface area contributed by atoms with Gasteiger partial charge in [-0.3, -0.25) is 9.78 Å². The van der Waals surface area contributed by atoms with Gasteiger partial charge in [-0.2, -0.15) is 0 Å². The van der Waals surface area contributed by atoms with Crippen molar-refractivity contribution in [2.75, 3.05) is 0 Å². The second-order valence-corrected chi connectivity index (χ2v) is 7.43. The molecule has 3 atom stereocenters. The van der Waals surface area contributed by atoms with Crippen LogP contribution in [0.3, 0.4) is 0 Å². The van der Waals surface area contributed by atoms with Gasteiger partial charge in [0.05, 0.1) is 11.8 Å². The Morgan fingerprint density at radius 2 is 2.04 bits per heavy atom. The number of nitrogens with zero attached hydrogens (tertiary/aromatic N) is 1. The minimum absolute atomic E-state index is 0.253. The molecule has 2 heterocycles. The maximum absolute atomic E-state index is 11.4. The summed E-state index contributed by atoms with van der Waals surface area (Å²) >= 11 is 0. The second-order valence-electron chi connectivity index (χ2n) is 7.43. The van der Waals surface area contributed by atoms with Crippen molar-refractivity contribution in [1.82, 2.24) is 4.98 Å². The number of aliphatic hydroxyl groups excluding tert-OH is 2.